The number of hydrogen-bond donors (Lipinski definition) is 2. The fraction of sp³-hybridized carbons (Fsp3) is 0.538. The summed E-state index contributed by atoms with van der Waals surface area (Å²) in [7, 11) is 0. The number of anilines is 2. The molecule has 0 spiro atoms. The third kappa shape index (κ3) is 2.70. The molecular formula is C13H19BrN2. The zero-order valence-corrected chi connectivity index (χ0v) is 11.5. The monoisotopic (exact) mass is 282 g/mol. The van der Waals surface area contributed by atoms with Crippen LogP contribution in [0.15, 0.2) is 22.7 Å². The first kappa shape index (κ1) is 11.8. The van der Waals surface area contributed by atoms with Crippen LogP contribution in [-0.2, 0) is 0 Å². The molecule has 2 nitrogen and oxygen atoms in total. The number of hydrogen-bond acceptors (Lipinski definition) is 2. The summed E-state index contributed by atoms with van der Waals surface area (Å²) in [5, 5.41) is 3.59. The molecule has 2 rings (SSSR count). The van der Waals surface area contributed by atoms with Crippen LogP contribution in [-0.4, -0.2) is 6.04 Å². The largest absolute Gasteiger partial charge is 0.399 e. The number of nitrogen functional groups attached to an aromatic ring is 1. The number of halogens is 1. The van der Waals surface area contributed by atoms with E-state index in [0.29, 0.717) is 11.5 Å². The summed E-state index contributed by atoms with van der Waals surface area (Å²) in [6.07, 6.45) is 3.80. The maximum absolute atomic E-state index is 5.72. The Kier molecular flexibility index (Phi) is 3.15. The predicted molar refractivity (Wildman–Crippen MR) is 73.6 cm³/mol. The van der Waals surface area contributed by atoms with Crippen molar-refractivity contribution in [3.05, 3.63) is 22.7 Å². The highest BCUT2D eigenvalue weighted by atomic mass is 79.9. The minimum atomic E-state index is 0.484. The van der Waals surface area contributed by atoms with Crippen molar-refractivity contribution in [3.63, 3.8) is 0 Å². The summed E-state index contributed by atoms with van der Waals surface area (Å²) < 4.78 is 1.05. The van der Waals surface area contributed by atoms with E-state index in [1.54, 1.807) is 0 Å². The van der Waals surface area contributed by atoms with Crippen LogP contribution in [0.1, 0.15) is 33.1 Å². The Bertz CT molecular complexity index is 388. The zero-order chi connectivity index (χ0) is 11.8. The quantitative estimate of drug-likeness (QED) is 0.804. The van der Waals surface area contributed by atoms with Gasteiger partial charge in [0.25, 0.3) is 0 Å². The van der Waals surface area contributed by atoms with Crippen LogP contribution in [0.5, 0.6) is 0 Å². The lowest BCUT2D eigenvalue weighted by Crippen LogP contribution is -2.17. The molecule has 0 saturated heterocycles. The Morgan fingerprint density at radius 2 is 2.19 bits per heavy atom. The number of nitrogens with two attached hydrogens (primary N) is 1. The van der Waals surface area contributed by atoms with Crippen LogP contribution in [0.4, 0.5) is 11.4 Å². The Hall–Kier alpha value is -0.700. The van der Waals surface area contributed by atoms with E-state index in [4.69, 9.17) is 5.73 Å². The highest BCUT2D eigenvalue weighted by molar-refractivity contribution is 9.10. The summed E-state index contributed by atoms with van der Waals surface area (Å²) in [6, 6.07) is 6.52. The molecule has 1 aliphatic rings. The van der Waals surface area contributed by atoms with Crippen molar-refractivity contribution in [2.75, 3.05) is 11.1 Å². The van der Waals surface area contributed by atoms with Crippen molar-refractivity contribution >= 4 is 27.3 Å². The molecule has 0 radical (unpaired) electrons. The summed E-state index contributed by atoms with van der Waals surface area (Å²) in [5.41, 5.74) is 8.15. The molecule has 1 unspecified atom stereocenters. The normalized spacial score (nSPS) is 23.3. The number of nitrogens with one attached hydrogen (secondary N) is 1. The van der Waals surface area contributed by atoms with Crippen molar-refractivity contribution in [2.45, 2.75) is 39.2 Å². The minimum Gasteiger partial charge on any atom is -0.399 e. The maximum atomic E-state index is 5.72. The van der Waals surface area contributed by atoms with Gasteiger partial charge in [-0.25, -0.2) is 0 Å². The molecule has 0 aromatic heterocycles. The van der Waals surface area contributed by atoms with Gasteiger partial charge in [-0.15, -0.1) is 0 Å². The first-order valence-corrected chi connectivity index (χ1v) is 6.57. The smallest absolute Gasteiger partial charge is 0.0488 e. The van der Waals surface area contributed by atoms with Crippen LogP contribution in [0.2, 0.25) is 0 Å². The summed E-state index contributed by atoms with van der Waals surface area (Å²) in [4.78, 5) is 0. The van der Waals surface area contributed by atoms with Gasteiger partial charge in [0.05, 0.1) is 0 Å². The molecule has 0 heterocycles. The van der Waals surface area contributed by atoms with E-state index in [-0.39, 0.29) is 0 Å². The standard InChI is InChI=1S/C13H19BrN2/c1-13(2)6-5-10(8-13)16-12-4-3-9(15)7-11(12)14/h3-4,7,10,16H,5-6,8,15H2,1-2H3. The molecule has 1 saturated carbocycles. The molecule has 3 heteroatoms. The van der Waals surface area contributed by atoms with E-state index >= 15 is 0 Å². The van der Waals surface area contributed by atoms with Gasteiger partial charge in [-0.05, 0) is 58.8 Å². The third-order valence-electron chi connectivity index (χ3n) is 3.32. The molecule has 16 heavy (non-hydrogen) atoms. The highest BCUT2D eigenvalue weighted by Crippen LogP contribution is 2.39. The molecule has 3 N–H and O–H groups in total. The van der Waals surface area contributed by atoms with Crippen molar-refractivity contribution in [3.8, 4) is 0 Å². The molecule has 1 atom stereocenters. The average Bonchev–Trinajstić information content (AvgIpc) is 2.51. The van der Waals surface area contributed by atoms with Crippen molar-refractivity contribution in [1.82, 2.24) is 0 Å². The van der Waals surface area contributed by atoms with E-state index in [0.717, 1.165) is 15.8 Å². The lowest BCUT2D eigenvalue weighted by Gasteiger charge is -2.19. The van der Waals surface area contributed by atoms with Gasteiger partial charge in [0.15, 0.2) is 0 Å². The van der Waals surface area contributed by atoms with Crippen LogP contribution >= 0.6 is 15.9 Å². The van der Waals surface area contributed by atoms with Gasteiger partial charge in [-0.2, -0.15) is 0 Å². The second-order valence-electron chi connectivity index (χ2n) is 5.49. The first-order valence-electron chi connectivity index (χ1n) is 5.78. The Balaban J connectivity index is 2.05. The van der Waals surface area contributed by atoms with E-state index in [1.807, 2.05) is 18.2 Å². The summed E-state index contributed by atoms with van der Waals surface area (Å²) >= 11 is 3.54. The average molecular weight is 283 g/mol. The van der Waals surface area contributed by atoms with Crippen LogP contribution in [0.25, 0.3) is 0 Å². The molecule has 1 aromatic carbocycles. The van der Waals surface area contributed by atoms with Crippen molar-refractivity contribution in [1.29, 1.82) is 0 Å². The van der Waals surface area contributed by atoms with Gasteiger partial charge in [-0.1, -0.05) is 13.8 Å². The molecule has 0 amide bonds. The Morgan fingerprint density at radius 3 is 2.75 bits per heavy atom. The summed E-state index contributed by atoms with van der Waals surface area (Å²) in [6.45, 7) is 4.68. The molecule has 1 aromatic rings. The van der Waals surface area contributed by atoms with E-state index in [2.05, 4.69) is 35.1 Å². The van der Waals surface area contributed by atoms with E-state index in [1.165, 1.54) is 19.3 Å². The number of benzene rings is 1. The SMILES string of the molecule is CC1(C)CCC(Nc2ccc(N)cc2Br)C1. The Labute approximate surface area is 106 Å². The molecule has 0 bridgehead atoms. The van der Waals surface area contributed by atoms with Gasteiger partial charge >= 0.3 is 0 Å². The fourth-order valence-corrected chi connectivity index (χ4v) is 2.94. The molecule has 0 aliphatic heterocycles. The van der Waals surface area contributed by atoms with E-state index < -0.39 is 0 Å². The second kappa shape index (κ2) is 4.28. The fourth-order valence-electron chi connectivity index (χ4n) is 2.43. The van der Waals surface area contributed by atoms with Crippen LogP contribution in [0, 0.1) is 5.41 Å². The lowest BCUT2D eigenvalue weighted by molar-refractivity contribution is 0.378. The topological polar surface area (TPSA) is 38.0 Å². The van der Waals surface area contributed by atoms with E-state index in [9.17, 15) is 0 Å². The van der Waals surface area contributed by atoms with Gasteiger partial charge < -0.3 is 11.1 Å². The molecule has 88 valence electrons. The zero-order valence-electron chi connectivity index (χ0n) is 9.89. The second-order valence-corrected chi connectivity index (χ2v) is 6.34. The molecule has 1 aliphatic carbocycles. The van der Waals surface area contributed by atoms with Gasteiger partial charge in [0.2, 0.25) is 0 Å². The highest BCUT2D eigenvalue weighted by Gasteiger charge is 2.30. The lowest BCUT2D eigenvalue weighted by atomic mass is 9.92. The molecule has 1 fully saturated rings. The molecular weight excluding hydrogens is 264 g/mol. The van der Waals surface area contributed by atoms with Crippen molar-refractivity contribution < 1.29 is 0 Å². The maximum Gasteiger partial charge on any atom is 0.0488 e. The minimum absolute atomic E-state index is 0.484. The third-order valence-corrected chi connectivity index (χ3v) is 3.98. The van der Waals surface area contributed by atoms with Crippen molar-refractivity contribution in [2.24, 2.45) is 5.41 Å². The first-order chi connectivity index (χ1) is 7.46. The number of rotatable bonds is 2. The van der Waals surface area contributed by atoms with Gasteiger partial charge in [0, 0.05) is 21.9 Å². The van der Waals surface area contributed by atoms with Gasteiger partial charge in [0.1, 0.15) is 0 Å². The predicted octanol–water partition coefficient (Wildman–Crippen LogP) is 4.02. The Morgan fingerprint density at radius 1 is 1.44 bits per heavy atom. The van der Waals surface area contributed by atoms with Gasteiger partial charge in [-0.3, -0.25) is 0 Å². The van der Waals surface area contributed by atoms with Crippen LogP contribution in [0.3, 0.4) is 0 Å². The summed E-state index contributed by atoms with van der Waals surface area (Å²) in [5.74, 6) is 0. The van der Waals surface area contributed by atoms with Crippen LogP contribution < -0.4 is 11.1 Å².